The zero-order chi connectivity index (χ0) is 25.2. The molecule has 3 rings (SSSR count). The molecule has 35 heavy (non-hydrogen) atoms. The van der Waals surface area contributed by atoms with Gasteiger partial charge in [0.15, 0.2) is 11.5 Å². The van der Waals surface area contributed by atoms with Crippen molar-refractivity contribution in [2.24, 2.45) is 0 Å². The van der Waals surface area contributed by atoms with Crippen molar-refractivity contribution in [1.82, 2.24) is 0 Å². The van der Waals surface area contributed by atoms with Crippen molar-refractivity contribution in [2.75, 3.05) is 33.8 Å². The molecular weight excluding hydrogens is 450 g/mol. The van der Waals surface area contributed by atoms with Crippen molar-refractivity contribution in [3.05, 3.63) is 83.9 Å². The van der Waals surface area contributed by atoms with Crippen molar-refractivity contribution in [1.29, 1.82) is 0 Å². The first kappa shape index (κ1) is 25.2. The Bertz CT molecular complexity index is 1170. The molecule has 182 valence electrons. The van der Waals surface area contributed by atoms with Crippen LogP contribution < -0.4 is 24.3 Å². The number of carbonyl (C=O) groups is 2. The van der Waals surface area contributed by atoms with Crippen LogP contribution in [0.5, 0.6) is 23.0 Å². The molecule has 0 aromatic heterocycles. The molecule has 0 heterocycles. The average molecular weight is 478 g/mol. The van der Waals surface area contributed by atoms with E-state index in [0.717, 1.165) is 0 Å². The summed E-state index contributed by atoms with van der Waals surface area (Å²) in [4.78, 5) is 25.8. The van der Waals surface area contributed by atoms with Gasteiger partial charge in [0.05, 0.1) is 28.4 Å². The minimum Gasteiger partial charge on any atom is -0.497 e. The van der Waals surface area contributed by atoms with Crippen molar-refractivity contribution in [3.63, 3.8) is 0 Å². The van der Waals surface area contributed by atoms with Crippen LogP contribution in [0.25, 0.3) is 6.08 Å². The monoisotopic (exact) mass is 477 g/mol. The molecule has 1 amide bonds. The van der Waals surface area contributed by atoms with Crippen LogP contribution in [-0.2, 0) is 14.3 Å². The van der Waals surface area contributed by atoms with E-state index in [1.165, 1.54) is 40.6 Å². The Balaban J connectivity index is 1.81. The highest BCUT2D eigenvalue weighted by Crippen LogP contribution is 2.38. The number of hydrogen-bond donors (Lipinski definition) is 1. The summed E-state index contributed by atoms with van der Waals surface area (Å²) in [5.41, 5.74) is 1.66. The summed E-state index contributed by atoms with van der Waals surface area (Å²) in [5, 5.41) is 2.77. The molecule has 1 N–H and O–H groups in total. The Morgan fingerprint density at radius 3 is 2.09 bits per heavy atom. The Labute approximate surface area is 204 Å². The number of rotatable bonds is 10. The second-order valence-electron chi connectivity index (χ2n) is 7.24. The van der Waals surface area contributed by atoms with Gasteiger partial charge in [-0.3, -0.25) is 4.79 Å². The zero-order valence-electron chi connectivity index (χ0n) is 19.9. The van der Waals surface area contributed by atoms with Gasteiger partial charge in [-0.2, -0.15) is 0 Å². The zero-order valence-corrected chi connectivity index (χ0v) is 19.9. The largest absolute Gasteiger partial charge is 0.497 e. The fourth-order valence-electron chi connectivity index (χ4n) is 3.33. The van der Waals surface area contributed by atoms with E-state index in [4.69, 9.17) is 23.7 Å². The van der Waals surface area contributed by atoms with Crippen LogP contribution in [0.15, 0.2) is 72.8 Å². The summed E-state index contributed by atoms with van der Waals surface area (Å²) in [6.07, 6.45) is 1.60. The lowest BCUT2D eigenvalue weighted by Crippen LogP contribution is -2.25. The van der Waals surface area contributed by atoms with Crippen LogP contribution in [0.2, 0.25) is 0 Å². The number of methoxy groups -OCH3 is 4. The van der Waals surface area contributed by atoms with Gasteiger partial charge < -0.3 is 29.0 Å². The summed E-state index contributed by atoms with van der Waals surface area (Å²) >= 11 is 0. The van der Waals surface area contributed by atoms with E-state index >= 15 is 0 Å². The first-order valence-electron chi connectivity index (χ1n) is 10.7. The Morgan fingerprint density at radius 2 is 1.49 bits per heavy atom. The van der Waals surface area contributed by atoms with E-state index in [1.807, 2.05) is 6.07 Å². The Hall–Kier alpha value is -4.46. The normalized spacial score (nSPS) is 11.4. The van der Waals surface area contributed by atoms with E-state index in [0.29, 0.717) is 39.8 Å². The third kappa shape index (κ3) is 6.54. The second kappa shape index (κ2) is 12.1. The van der Waals surface area contributed by atoms with Crippen LogP contribution in [-0.4, -0.2) is 40.3 Å². The highest BCUT2D eigenvalue weighted by molar-refractivity contribution is 5.97. The molecule has 3 aromatic carbocycles. The molecule has 0 spiro atoms. The highest BCUT2D eigenvalue weighted by Gasteiger charge is 2.24. The molecule has 0 radical (unpaired) electrons. The Kier molecular flexibility index (Phi) is 8.72. The summed E-state index contributed by atoms with van der Waals surface area (Å²) in [7, 11) is 6.05. The van der Waals surface area contributed by atoms with Gasteiger partial charge in [0.2, 0.25) is 11.9 Å². The molecule has 8 heteroatoms. The molecule has 1 unspecified atom stereocenters. The van der Waals surface area contributed by atoms with Crippen LogP contribution in [0.1, 0.15) is 17.2 Å². The van der Waals surface area contributed by atoms with Crippen LogP contribution in [0, 0.1) is 0 Å². The van der Waals surface area contributed by atoms with Crippen LogP contribution in [0.4, 0.5) is 5.69 Å². The maximum Gasteiger partial charge on any atom is 0.331 e. The molecule has 0 saturated heterocycles. The number of esters is 1. The van der Waals surface area contributed by atoms with E-state index in [-0.39, 0.29) is 0 Å². The molecular formula is C27H27NO7. The lowest BCUT2D eigenvalue weighted by atomic mass is 10.1. The topological polar surface area (TPSA) is 92.3 Å². The van der Waals surface area contributed by atoms with Gasteiger partial charge in [-0.05, 0) is 35.9 Å². The number of carbonyl (C=O) groups excluding carboxylic acids is 2. The molecule has 0 aliphatic rings. The predicted molar refractivity (Wildman–Crippen MR) is 132 cm³/mol. The molecule has 0 aliphatic carbocycles. The smallest absolute Gasteiger partial charge is 0.331 e. The third-order valence-corrected chi connectivity index (χ3v) is 5.01. The maximum absolute atomic E-state index is 13.1. The molecule has 3 aromatic rings. The van der Waals surface area contributed by atoms with E-state index in [9.17, 15) is 9.59 Å². The first-order valence-corrected chi connectivity index (χ1v) is 10.7. The van der Waals surface area contributed by atoms with Crippen molar-refractivity contribution >= 4 is 23.6 Å². The van der Waals surface area contributed by atoms with Gasteiger partial charge in [-0.1, -0.05) is 36.4 Å². The van der Waals surface area contributed by atoms with Gasteiger partial charge in [0, 0.05) is 23.4 Å². The minimum atomic E-state index is -1.17. The number of nitrogens with one attached hydrogen (secondary N) is 1. The molecule has 0 aliphatic heterocycles. The average Bonchev–Trinajstić information content (AvgIpc) is 2.90. The maximum atomic E-state index is 13.1. The quantitative estimate of drug-likeness (QED) is 0.335. The van der Waals surface area contributed by atoms with Gasteiger partial charge in [-0.15, -0.1) is 0 Å². The predicted octanol–water partition coefficient (Wildman–Crippen LogP) is 4.66. The fraction of sp³-hybridized carbons (Fsp3) is 0.185. The first-order chi connectivity index (χ1) is 17.0. The van der Waals surface area contributed by atoms with Crippen molar-refractivity contribution in [3.8, 4) is 23.0 Å². The number of anilines is 1. The number of hydrogen-bond acceptors (Lipinski definition) is 7. The van der Waals surface area contributed by atoms with Crippen LogP contribution in [0.3, 0.4) is 0 Å². The van der Waals surface area contributed by atoms with Gasteiger partial charge in [-0.25, -0.2) is 4.79 Å². The van der Waals surface area contributed by atoms with Gasteiger partial charge in [0.1, 0.15) is 5.75 Å². The van der Waals surface area contributed by atoms with Crippen LogP contribution >= 0.6 is 0 Å². The fourth-order valence-corrected chi connectivity index (χ4v) is 3.33. The summed E-state index contributed by atoms with van der Waals surface area (Å²) < 4.78 is 26.7. The third-order valence-electron chi connectivity index (χ3n) is 5.01. The molecule has 0 saturated carbocycles. The Morgan fingerprint density at radius 1 is 0.800 bits per heavy atom. The molecule has 0 bridgehead atoms. The van der Waals surface area contributed by atoms with E-state index in [1.54, 1.807) is 60.7 Å². The van der Waals surface area contributed by atoms with E-state index < -0.39 is 18.0 Å². The SMILES string of the molecule is COc1cccc(NC(=O)C(OC(=O)/C=C/c2cc(OC)c(OC)c(OC)c2)c2ccccc2)c1. The number of ether oxygens (including phenoxy) is 5. The highest BCUT2D eigenvalue weighted by atomic mass is 16.5. The van der Waals surface area contributed by atoms with E-state index in [2.05, 4.69) is 5.32 Å². The van der Waals surface area contributed by atoms with Crippen molar-refractivity contribution in [2.45, 2.75) is 6.10 Å². The standard InChI is InChI=1S/C27H27NO7/c1-31-21-12-8-11-20(17-21)28-27(30)25(19-9-6-5-7-10-19)35-24(29)14-13-18-15-22(32-2)26(34-4)23(16-18)33-3/h5-17,25H,1-4H3,(H,28,30)/b14-13+. The lowest BCUT2D eigenvalue weighted by Gasteiger charge is -2.17. The molecule has 8 nitrogen and oxygen atoms in total. The van der Waals surface area contributed by atoms with Gasteiger partial charge >= 0.3 is 5.97 Å². The summed E-state index contributed by atoms with van der Waals surface area (Å²) in [6, 6.07) is 19.0. The minimum absolute atomic E-state index is 0.438. The number of amides is 1. The summed E-state index contributed by atoms with van der Waals surface area (Å²) in [6.45, 7) is 0. The number of benzene rings is 3. The van der Waals surface area contributed by atoms with Gasteiger partial charge in [0.25, 0.3) is 5.91 Å². The van der Waals surface area contributed by atoms with Crippen molar-refractivity contribution < 1.29 is 33.3 Å². The molecule has 1 atom stereocenters. The summed E-state index contributed by atoms with van der Waals surface area (Å²) in [5.74, 6) is 0.712. The lowest BCUT2D eigenvalue weighted by molar-refractivity contribution is -0.149. The molecule has 0 fully saturated rings. The second-order valence-corrected chi connectivity index (χ2v) is 7.24.